The Morgan fingerprint density at radius 2 is 1.67 bits per heavy atom. The van der Waals surface area contributed by atoms with Gasteiger partial charge in [0.2, 0.25) is 21.8 Å². The second-order valence-electron chi connectivity index (χ2n) is 10.9. The van der Waals surface area contributed by atoms with Crippen molar-refractivity contribution in [2.24, 2.45) is 0 Å². The Balaban J connectivity index is 1.78. The van der Waals surface area contributed by atoms with Gasteiger partial charge in [-0.25, -0.2) is 8.42 Å². The lowest BCUT2D eigenvalue weighted by Gasteiger charge is -2.33. The van der Waals surface area contributed by atoms with E-state index in [0.29, 0.717) is 36.8 Å². The van der Waals surface area contributed by atoms with Gasteiger partial charge >= 0.3 is 0 Å². The molecule has 39 heavy (non-hydrogen) atoms. The number of amides is 2. The largest absolute Gasteiger partial charge is 0.486 e. The SMILES string of the molecule is CC[C@@H](C(=O)NC(C)(C)C)N(Cc1ccc(C)cc1)C(=O)CCCN(c1ccc2c(c1)OCCO2)S(C)(=O)=O. The number of aryl methyl sites for hydroxylation is 1. The number of nitrogens with one attached hydrogen (secondary N) is 1. The van der Waals surface area contributed by atoms with Crippen molar-refractivity contribution >= 4 is 27.5 Å². The van der Waals surface area contributed by atoms with Gasteiger partial charge in [-0.1, -0.05) is 36.8 Å². The number of hydrogen-bond acceptors (Lipinski definition) is 6. The summed E-state index contributed by atoms with van der Waals surface area (Å²) in [5.74, 6) is 0.643. The van der Waals surface area contributed by atoms with Crippen LogP contribution in [-0.2, 0) is 26.2 Å². The third-order valence-electron chi connectivity index (χ3n) is 6.32. The number of sulfonamides is 1. The van der Waals surface area contributed by atoms with E-state index in [0.717, 1.165) is 17.4 Å². The first-order valence-corrected chi connectivity index (χ1v) is 15.2. The number of rotatable bonds is 11. The van der Waals surface area contributed by atoms with Crippen LogP contribution in [0.15, 0.2) is 42.5 Å². The quantitative estimate of drug-likeness (QED) is 0.446. The zero-order valence-corrected chi connectivity index (χ0v) is 24.6. The fourth-order valence-corrected chi connectivity index (χ4v) is 5.41. The summed E-state index contributed by atoms with van der Waals surface area (Å²) in [5, 5.41) is 3.00. The minimum atomic E-state index is -3.62. The molecule has 0 fully saturated rings. The van der Waals surface area contributed by atoms with Crippen LogP contribution in [0.5, 0.6) is 11.5 Å². The Morgan fingerprint density at radius 3 is 2.26 bits per heavy atom. The van der Waals surface area contributed by atoms with Gasteiger partial charge in [-0.05, 0) is 58.2 Å². The second-order valence-corrected chi connectivity index (χ2v) is 12.8. The number of ether oxygens (including phenoxy) is 2. The molecule has 0 spiro atoms. The standard InChI is InChI=1S/C29H41N3O6S/c1-7-24(28(34)30-29(3,4)5)31(20-22-12-10-21(2)11-13-22)27(33)9-8-16-32(39(6,35)36)23-14-15-25-26(19-23)38-18-17-37-25/h10-15,19,24H,7-9,16-18,20H2,1-6H3,(H,30,34)/t24-/m0/s1. The predicted molar refractivity (Wildman–Crippen MR) is 153 cm³/mol. The zero-order valence-electron chi connectivity index (χ0n) is 23.8. The van der Waals surface area contributed by atoms with Crippen LogP contribution in [0.4, 0.5) is 5.69 Å². The van der Waals surface area contributed by atoms with Crippen molar-refractivity contribution in [1.82, 2.24) is 10.2 Å². The van der Waals surface area contributed by atoms with Crippen molar-refractivity contribution in [3.8, 4) is 11.5 Å². The minimum absolute atomic E-state index is 0.0851. The topological polar surface area (TPSA) is 105 Å². The summed E-state index contributed by atoms with van der Waals surface area (Å²) in [4.78, 5) is 28.4. The molecule has 1 N–H and O–H groups in total. The fourth-order valence-electron chi connectivity index (χ4n) is 4.45. The van der Waals surface area contributed by atoms with Crippen LogP contribution in [0.3, 0.4) is 0 Å². The molecule has 1 aliphatic heterocycles. The van der Waals surface area contributed by atoms with Crippen molar-refractivity contribution in [2.45, 2.75) is 72.0 Å². The minimum Gasteiger partial charge on any atom is -0.486 e. The highest BCUT2D eigenvalue weighted by atomic mass is 32.2. The van der Waals surface area contributed by atoms with E-state index in [-0.39, 0.29) is 37.7 Å². The Kier molecular flexibility index (Phi) is 9.88. The lowest BCUT2D eigenvalue weighted by Crippen LogP contribution is -2.53. The first-order valence-electron chi connectivity index (χ1n) is 13.3. The van der Waals surface area contributed by atoms with Gasteiger partial charge in [0, 0.05) is 31.1 Å². The summed E-state index contributed by atoms with van der Waals surface area (Å²) >= 11 is 0. The molecule has 2 aromatic carbocycles. The van der Waals surface area contributed by atoms with Gasteiger partial charge < -0.3 is 19.7 Å². The lowest BCUT2D eigenvalue weighted by atomic mass is 10.0. The zero-order chi connectivity index (χ0) is 28.8. The molecule has 0 radical (unpaired) electrons. The van der Waals surface area contributed by atoms with Gasteiger partial charge in [0.05, 0.1) is 11.9 Å². The third-order valence-corrected chi connectivity index (χ3v) is 7.52. The maximum atomic E-state index is 13.6. The van der Waals surface area contributed by atoms with E-state index in [9.17, 15) is 18.0 Å². The van der Waals surface area contributed by atoms with E-state index in [4.69, 9.17) is 9.47 Å². The highest BCUT2D eigenvalue weighted by Gasteiger charge is 2.31. The molecule has 9 nitrogen and oxygen atoms in total. The molecule has 2 aromatic rings. The van der Waals surface area contributed by atoms with Crippen molar-refractivity contribution in [3.63, 3.8) is 0 Å². The third kappa shape index (κ3) is 8.61. The molecule has 0 aromatic heterocycles. The van der Waals surface area contributed by atoms with Crippen LogP contribution in [0.1, 0.15) is 58.1 Å². The second kappa shape index (κ2) is 12.7. The molecule has 3 rings (SSSR count). The van der Waals surface area contributed by atoms with Crippen molar-refractivity contribution in [3.05, 3.63) is 53.6 Å². The monoisotopic (exact) mass is 559 g/mol. The number of fused-ring (bicyclic) bond motifs is 1. The average molecular weight is 560 g/mol. The molecule has 0 saturated carbocycles. The van der Waals surface area contributed by atoms with Crippen LogP contribution in [0.25, 0.3) is 0 Å². The average Bonchev–Trinajstić information content (AvgIpc) is 2.85. The molecule has 214 valence electrons. The molecule has 0 bridgehead atoms. The van der Waals surface area contributed by atoms with Gasteiger partial charge in [0.25, 0.3) is 0 Å². The lowest BCUT2D eigenvalue weighted by molar-refractivity contribution is -0.142. The normalized spacial score (nSPS) is 13.9. The number of anilines is 1. The summed E-state index contributed by atoms with van der Waals surface area (Å²) < 4.78 is 37.8. The van der Waals surface area contributed by atoms with Crippen LogP contribution in [-0.4, -0.2) is 62.7 Å². The smallest absolute Gasteiger partial charge is 0.243 e. The highest BCUT2D eigenvalue weighted by molar-refractivity contribution is 7.92. The summed E-state index contributed by atoms with van der Waals surface area (Å²) in [6.07, 6.45) is 1.95. The molecule has 10 heteroatoms. The highest BCUT2D eigenvalue weighted by Crippen LogP contribution is 2.34. The molecular weight excluding hydrogens is 518 g/mol. The Hall–Kier alpha value is -3.27. The van der Waals surface area contributed by atoms with Crippen molar-refractivity contribution in [2.75, 3.05) is 30.3 Å². The summed E-state index contributed by atoms with van der Waals surface area (Å²) in [7, 11) is -3.62. The summed E-state index contributed by atoms with van der Waals surface area (Å²) in [6, 6.07) is 12.2. The van der Waals surface area contributed by atoms with Crippen LogP contribution in [0.2, 0.25) is 0 Å². The molecule has 0 unspecified atom stereocenters. The molecule has 0 aliphatic carbocycles. The molecule has 1 aliphatic rings. The molecule has 0 saturated heterocycles. The Morgan fingerprint density at radius 1 is 1.03 bits per heavy atom. The summed E-state index contributed by atoms with van der Waals surface area (Å²) in [5.41, 5.74) is 2.03. The van der Waals surface area contributed by atoms with Gasteiger partial charge in [-0.15, -0.1) is 0 Å². The number of carbonyl (C=O) groups excluding carboxylic acids is 2. The first-order chi connectivity index (χ1) is 18.3. The molecular formula is C29H41N3O6S. The number of hydrogen-bond donors (Lipinski definition) is 1. The van der Waals surface area contributed by atoms with Crippen LogP contribution in [0, 0.1) is 6.92 Å². The first kappa shape index (κ1) is 30.3. The molecule has 1 heterocycles. The number of carbonyl (C=O) groups is 2. The van der Waals surface area contributed by atoms with Crippen molar-refractivity contribution in [1.29, 1.82) is 0 Å². The van der Waals surface area contributed by atoms with E-state index in [1.807, 2.05) is 58.9 Å². The van der Waals surface area contributed by atoms with E-state index >= 15 is 0 Å². The Bertz CT molecular complexity index is 1250. The molecule has 2 amide bonds. The Labute approximate surface area is 232 Å². The van der Waals surface area contributed by atoms with E-state index in [1.54, 1.807) is 23.1 Å². The van der Waals surface area contributed by atoms with Gasteiger partial charge in [0.1, 0.15) is 19.3 Å². The molecule has 1 atom stereocenters. The van der Waals surface area contributed by atoms with Crippen LogP contribution < -0.4 is 19.1 Å². The maximum absolute atomic E-state index is 13.6. The van der Waals surface area contributed by atoms with Gasteiger partial charge in [-0.2, -0.15) is 0 Å². The van der Waals surface area contributed by atoms with E-state index in [1.165, 1.54) is 4.31 Å². The summed E-state index contributed by atoms with van der Waals surface area (Å²) in [6.45, 7) is 10.8. The van der Waals surface area contributed by atoms with Crippen molar-refractivity contribution < 1.29 is 27.5 Å². The fraction of sp³-hybridized carbons (Fsp3) is 0.517. The van der Waals surface area contributed by atoms with E-state index in [2.05, 4.69) is 5.32 Å². The van der Waals surface area contributed by atoms with Gasteiger partial charge in [-0.3, -0.25) is 13.9 Å². The number of benzene rings is 2. The predicted octanol–water partition coefficient (Wildman–Crippen LogP) is 4.03. The van der Waals surface area contributed by atoms with E-state index < -0.39 is 21.6 Å². The van der Waals surface area contributed by atoms with Gasteiger partial charge in [0.15, 0.2) is 11.5 Å². The number of nitrogens with zero attached hydrogens (tertiary/aromatic N) is 2. The maximum Gasteiger partial charge on any atom is 0.243 e. The van der Waals surface area contributed by atoms with Crippen LogP contribution >= 0.6 is 0 Å².